The van der Waals surface area contributed by atoms with Gasteiger partial charge in [-0.2, -0.15) is 0 Å². The fourth-order valence-electron chi connectivity index (χ4n) is 17.8. The van der Waals surface area contributed by atoms with Crippen molar-refractivity contribution >= 4 is 103 Å². The number of pyridine rings is 1. The predicted molar refractivity (Wildman–Crippen MR) is 428 cm³/mol. The van der Waals surface area contributed by atoms with Crippen molar-refractivity contribution in [1.82, 2.24) is 65.5 Å². The van der Waals surface area contributed by atoms with Gasteiger partial charge < -0.3 is 60.1 Å². The minimum absolute atomic E-state index is 0.0142. The molecule has 566 valence electrons. The lowest BCUT2D eigenvalue weighted by molar-refractivity contribution is 0.0942. The van der Waals surface area contributed by atoms with Crippen molar-refractivity contribution in [1.29, 1.82) is 0 Å². The molecule has 3 amide bonds. The third-order valence-electron chi connectivity index (χ3n) is 23.8. The number of methoxy groups -OCH3 is 1. The number of carbonyl (C=O) groups is 3. The zero-order valence-electron chi connectivity index (χ0n) is 64.2. The molecule has 24 heteroatoms. The summed E-state index contributed by atoms with van der Waals surface area (Å²) in [7, 11) is 10.4. The van der Waals surface area contributed by atoms with E-state index < -0.39 is 5.82 Å². The van der Waals surface area contributed by atoms with Gasteiger partial charge in [0.1, 0.15) is 11.6 Å². The van der Waals surface area contributed by atoms with Crippen LogP contribution in [0.25, 0.3) is 33.1 Å². The second-order valence-corrected chi connectivity index (χ2v) is 31.3. The number of aromatic nitrogens is 7. The van der Waals surface area contributed by atoms with Crippen LogP contribution < -0.4 is 35.4 Å². The highest BCUT2D eigenvalue weighted by molar-refractivity contribution is 6.32. The standard InChI is InChI=1S/C82H106Cl3FN16O4/c1-15-100(58-24-18-55(19-25-58)97(10)11)70-36-53(84)34-62(48(70)6)81(104)88-40-65-69(96-51(9)75-77(65)94-45-92-75)30-31-98(12)56-20-26-59(27-21-56)101(16-2)72-38-54(85)35-63(49(72)7)82(105)89-41-66-78-74(91-44-95-78)50(8)67(79(66)106-14)42-99(13)57-22-28-60(29-23-57)102(17-3)71-37-52(83)33-61(47(71)5)80(103)87-39-64-68(86)32-46(4)73-76(64)93-43-90-73/h32-38,43-45,55-60H,15-31,39-42H2,1-14H3,(H,87,103)(H,88,104)(H,89,105)(H,90,93)(H,91,95)(H,92,94). The molecule has 4 heterocycles. The molecule has 0 unspecified atom stereocenters. The van der Waals surface area contributed by atoms with Gasteiger partial charge in [-0.15, -0.1) is 0 Å². The van der Waals surface area contributed by atoms with Crippen molar-refractivity contribution in [2.24, 2.45) is 0 Å². The Morgan fingerprint density at radius 2 is 0.887 bits per heavy atom. The molecule has 0 aliphatic heterocycles. The summed E-state index contributed by atoms with van der Waals surface area (Å²) in [5.74, 6) is -0.429. The molecule has 3 aliphatic rings. The number of likely N-dealkylation sites (N-methyl/N-ethyl adjacent to an activating group) is 1. The summed E-state index contributed by atoms with van der Waals surface area (Å²) in [6, 6.07) is 14.8. The minimum atomic E-state index is -0.406. The summed E-state index contributed by atoms with van der Waals surface area (Å²) in [6.45, 7) is 22.6. The third kappa shape index (κ3) is 16.1. The maximum Gasteiger partial charge on any atom is 0.251 e. The second-order valence-electron chi connectivity index (χ2n) is 30.0. The molecule has 6 N–H and O–H groups in total. The normalized spacial score (nSPS) is 18.5. The van der Waals surface area contributed by atoms with E-state index in [-0.39, 0.29) is 55.5 Å². The summed E-state index contributed by atoms with van der Waals surface area (Å²) in [4.78, 5) is 86.3. The van der Waals surface area contributed by atoms with E-state index in [0.717, 1.165) is 198 Å². The first-order chi connectivity index (χ1) is 50.9. The molecule has 4 aromatic heterocycles. The van der Waals surface area contributed by atoms with Crippen LogP contribution in [0.3, 0.4) is 0 Å². The van der Waals surface area contributed by atoms with Crippen molar-refractivity contribution in [2.75, 3.05) is 76.2 Å². The number of anilines is 3. The molecule has 3 fully saturated rings. The van der Waals surface area contributed by atoms with E-state index in [0.29, 0.717) is 85.2 Å². The van der Waals surface area contributed by atoms with Crippen LogP contribution in [0.4, 0.5) is 21.5 Å². The zero-order chi connectivity index (χ0) is 75.5. The molecule has 20 nitrogen and oxygen atoms in total. The number of H-pyrrole nitrogens is 3. The summed E-state index contributed by atoms with van der Waals surface area (Å²) >= 11 is 20.7. The molecule has 106 heavy (non-hydrogen) atoms. The molecule has 0 spiro atoms. The number of rotatable bonds is 27. The van der Waals surface area contributed by atoms with Gasteiger partial charge in [0.15, 0.2) is 0 Å². The van der Waals surface area contributed by atoms with E-state index in [1.54, 1.807) is 38.0 Å². The van der Waals surface area contributed by atoms with Crippen LogP contribution >= 0.6 is 34.8 Å². The molecule has 0 saturated heterocycles. The van der Waals surface area contributed by atoms with E-state index in [9.17, 15) is 14.4 Å². The van der Waals surface area contributed by atoms with Gasteiger partial charge >= 0.3 is 0 Å². The van der Waals surface area contributed by atoms with Gasteiger partial charge in [-0.05, 0) is 238 Å². The number of imidazole rings is 3. The molecular formula is C82H106Cl3FN16O4. The highest BCUT2D eigenvalue weighted by Gasteiger charge is 2.35. The first-order valence-electron chi connectivity index (χ1n) is 38.0. The topological polar surface area (TPSA) is 215 Å². The molecule has 0 radical (unpaired) electrons. The molecule has 9 aromatic rings. The smallest absolute Gasteiger partial charge is 0.251 e. The number of nitrogens with one attached hydrogen (secondary N) is 6. The van der Waals surface area contributed by atoms with E-state index in [1.165, 1.54) is 12.4 Å². The van der Waals surface area contributed by atoms with Gasteiger partial charge in [-0.3, -0.25) is 24.3 Å². The first-order valence-corrected chi connectivity index (χ1v) is 39.1. The van der Waals surface area contributed by atoms with Crippen LogP contribution in [0.15, 0.2) is 61.4 Å². The van der Waals surface area contributed by atoms with E-state index >= 15 is 4.39 Å². The number of amides is 3. The number of aryl methyl sites for hydroxylation is 3. The van der Waals surface area contributed by atoms with E-state index in [1.807, 2.05) is 52.8 Å². The van der Waals surface area contributed by atoms with Crippen LogP contribution in [0.5, 0.6) is 5.75 Å². The number of nitrogens with zero attached hydrogens (tertiary/aromatic N) is 10. The number of halogens is 4. The lowest BCUT2D eigenvalue weighted by atomic mass is 9.88. The number of benzene rings is 5. The summed E-state index contributed by atoms with van der Waals surface area (Å²) < 4.78 is 21.6. The van der Waals surface area contributed by atoms with Gasteiger partial charge in [0, 0.05) is 172 Å². The average molecular weight is 1510 g/mol. The van der Waals surface area contributed by atoms with Crippen molar-refractivity contribution in [3.8, 4) is 5.75 Å². The number of aromatic amines is 3. The van der Waals surface area contributed by atoms with Gasteiger partial charge in [0.25, 0.3) is 17.7 Å². The molecule has 0 bridgehead atoms. The van der Waals surface area contributed by atoms with Crippen molar-refractivity contribution in [3.05, 3.63) is 160 Å². The Hall–Kier alpha value is -8.05. The zero-order valence-corrected chi connectivity index (χ0v) is 66.5. The fourth-order valence-corrected chi connectivity index (χ4v) is 18.4. The first kappa shape index (κ1) is 77.6. The van der Waals surface area contributed by atoms with E-state index in [2.05, 4.69) is 121 Å². The van der Waals surface area contributed by atoms with Crippen LogP contribution in [0.2, 0.25) is 15.1 Å². The Morgan fingerprint density at radius 1 is 0.491 bits per heavy atom. The molecular weight excluding hydrogens is 1400 g/mol. The largest absolute Gasteiger partial charge is 0.496 e. The van der Waals surface area contributed by atoms with Gasteiger partial charge in [-0.1, -0.05) is 34.8 Å². The number of hydrogen-bond donors (Lipinski definition) is 6. The monoisotopic (exact) mass is 1500 g/mol. The Labute approximate surface area is 638 Å². The Balaban J connectivity index is 0.662. The lowest BCUT2D eigenvalue weighted by Gasteiger charge is -2.41. The van der Waals surface area contributed by atoms with Crippen LogP contribution in [-0.2, 0) is 32.6 Å². The number of hydrogen-bond acceptors (Lipinski definition) is 14. The lowest BCUT2D eigenvalue weighted by Crippen LogP contribution is -2.44. The summed E-state index contributed by atoms with van der Waals surface area (Å²) in [5, 5.41) is 11.0. The average Bonchev–Trinajstić information content (AvgIpc) is 1.45. The number of fused-ring (bicyclic) bond motifs is 3. The quantitative estimate of drug-likeness (QED) is 0.0283. The predicted octanol–water partition coefficient (Wildman–Crippen LogP) is 15.7. The van der Waals surface area contributed by atoms with Crippen LogP contribution in [-0.4, -0.2) is 165 Å². The van der Waals surface area contributed by atoms with E-state index in [4.69, 9.17) is 54.5 Å². The van der Waals surface area contributed by atoms with Gasteiger partial charge in [-0.25, -0.2) is 19.3 Å². The third-order valence-corrected chi connectivity index (χ3v) is 24.4. The molecule has 3 saturated carbocycles. The molecule has 5 aromatic carbocycles. The maximum absolute atomic E-state index is 15.3. The molecule has 0 atom stereocenters. The van der Waals surface area contributed by atoms with Crippen molar-refractivity contribution in [2.45, 2.75) is 208 Å². The number of ether oxygens (including phenoxy) is 1. The Bertz CT molecular complexity index is 4680. The van der Waals surface area contributed by atoms with Crippen molar-refractivity contribution < 1.29 is 23.5 Å². The Kier molecular flexibility index (Phi) is 24.6. The Morgan fingerprint density at radius 3 is 1.34 bits per heavy atom. The molecule has 3 aliphatic carbocycles. The minimum Gasteiger partial charge on any atom is -0.496 e. The van der Waals surface area contributed by atoms with Gasteiger partial charge in [0.2, 0.25) is 0 Å². The maximum atomic E-state index is 15.3. The fraction of sp³-hybridized carbons (Fsp3) is 0.500. The number of carbonyl (C=O) groups excluding carboxylic acids is 3. The second kappa shape index (κ2) is 33.6. The van der Waals surface area contributed by atoms with Crippen LogP contribution in [0.1, 0.15) is 190 Å². The van der Waals surface area contributed by atoms with Crippen molar-refractivity contribution in [3.63, 3.8) is 0 Å². The highest BCUT2D eigenvalue weighted by Crippen LogP contribution is 2.41. The summed E-state index contributed by atoms with van der Waals surface area (Å²) in [5.41, 5.74) is 18.3. The highest BCUT2D eigenvalue weighted by atomic mass is 35.5. The summed E-state index contributed by atoms with van der Waals surface area (Å²) in [6.07, 6.45) is 17.8. The van der Waals surface area contributed by atoms with Gasteiger partial charge in [0.05, 0.1) is 64.9 Å². The van der Waals surface area contributed by atoms with Crippen LogP contribution in [0, 0.1) is 47.4 Å². The SMILES string of the molecule is CCN(c1cc(Cl)cc(C(=O)NCc2c(CCN(C)C3CCC(N(CC)c4cc(Cl)cc(C(=O)NCc5c(OC)c(CN(C)C6CCC(N(CC)c7cc(Cl)cc(C(=O)NCc8c(F)cc(C)c9nc[nH]c89)c7C)CC6)c(C)c6nc[nH]c56)c4C)CC3)nc(C)c3[nH]cnc23)c1C)C1CCC(N(C)C)CC1. The molecule has 12 rings (SSSR count).